The van der Waals surface area contributed by atoms with Crippen molar-refractivity contribution in [1.29, 1.82) is 0 Å². The number of morpholine rings is 1. The summed E-state index contributed by atoms with van der Waals surface area (Å²) in [6.45, 7) is 6.40. The van der Waals surface area contributed by atoms with Gasteiger partial charge in [0, 0.05) is 67.4 Å². The Labute approximate surface area is 194 Å². The van der Waals surface area contributed by atoms with Gasteiger partial charge in [-0.25, -0.2) is 9.97 Å². The predicted octanol–water partition coefficient (Wildman–Crippen LogP) is 3.70. The molecule has 2 aromatic heterocycles. The van der Waals surface area contributed by atoms with E-state index < -0.39 is 0 Å². The Hall–Kier alpha value is -3.32. The molecule has 0 radical (unpaired) electrons. The van der Waals surface area contributed by atoms with Gasteiger partial charge >= 0.3 is 0 Å². The Morgan fingerprint density at radius 2 is 1.88 bits per heavy atom. The number of carbonyl (C=O) groups excluding carboxylic acids is 1. The largest absolute Gasteiger partial charge is 0.378 e. The van der Waals surface area contributed by atoms with Crippen molar-refractivity contribution >= 4 is 11.9 Å². The fraction of sp³-hybridized carbons (Fsp3) is 0.385. The van der Waals surface area contributed by atoms with Gasteiger partial charge in [0.25, 0.3) is 5.91 Å². The van der Waals surface area contributed by atoms with Crippen LogP contribution in [-0.4, -0.2) is 65.2 Å². The van der Waals surface area contributed by atoms with E-state index in [1.54, 1.807) is 6.20 Å². The molecule has 2 aliphatic rings. The van der Waals surface area contributed by atoms with Gasteiger partial charge in [-0.1, -0.05) is 23.8 Å². The van der Waals surface area contributed by atoms with Crippen molar-refractivity contribution in [2.75, 3.05) is 44.3 Å². The molecule has 0 bridgehead atoms. The zero-order chi connectivity index (χ0) is 22.6. The number of carbonyl (C=O) groups is 1. The number of nitrogens with zero attached hydrogens (tertiary/aromatic N) is 5. The van der Waals surface area contributed by atoms with Gasteiger partial charge in [0.05, 0.1) is 18.9 Å². The standard InChI is InChI=1S/C26H29N5O2/c1-19-6-8-20(9-7-19)25(32)31-11-3-5-22(18-31)24-23(21-4-2-10-27-16-21)17-28-26(29-24)30-12-14-33-15-13-30/h2,4,6-10,16-17,22H,3,5,11-15,18H2,1H3/t22-/m0/s1. The van der Waals surface area contributed by atoms with Crippen LogP contribution in [0.2, 0.25) is 0 Å². The third-order valence-corrected chi connectivity index (χ3v) is 6.47. The van der Waals surface area contributed by atoms with Crippen LogP contribution in [0.15, 0.2) is 55.0 Å². The summed E-state index contributed by atoms with van der Waals surface area (Å²) in [5.41, 5.74) is 4.89. The maximum Gasteiger partial charge on any atom is 0.253 e. The number of pyridine rings is 1. The Balaban J connectivity index is 1.46. The van der Waals surface area contributed by atoms with Crippen LogP contribution >= 0.6 is 0 Å². The number of ether oxygens (including phenoxy) is 1. The number of anilines is 1. The highest BCUT2D eigenvalue weighted by Gasteiger charge is 2.29. The lowest BCUT2D eigenvalue weighted by Gasteiger charge is -2.34. The number of benzene rings is 1. The first-order chi connectivity index (χ1) is 16.2. The highest BCUT2D eigenvalue weighted by Crippen LogP contribution is 2.34. The molecule has 5 rings (SSSR count). The highest BCUT2D eigenvalue weighted by atomic mass is 16.5. The fourth-order valence-corrected chi connectivity index (χ4v) is 4.62. The first kappa shape index (κ1) is 21.5. The molecule has 1 atom stereocenters. The minimum atomic E-state index is 0.0880. The van der Waals surface area contributed by atoms with E-state index in [-0.39, 0.29) is 11.8 Å². The molecule has 3 aromatic rings. The molecule has 2 fully saturated rings. The van der Waals surface area contributed by atoms with Crippen molar-refractivity contribution in [3.63, 3.8) is 0 Å². The number of aryl methyl sites for hydroxylation is 1. The number of hydrogen-bond donors (Lipinski definition) is 0. The average Bonchev–Trinajstić information content (AvgIpc) is 2.89. The van der Waals surface area contributed by atoms with Gasteiger partial charge in [-0.05, 0) is 38.0 Å². The average molecular weight is 444 g/mol. The smallest absolute Gasteiger partial charge is 0.253 e. The quantitative estimate of drug-likeness (QED) is 0.612. The van der Waals surface area contributed by atoms with Gasteiger partial charge in [-0.3, -0.25) is 9.78 Å². The predicted molar refractivity (Wildman–Crippen MR) is 127 cm³/mol. The summed E-state index contributed by atoms with van der Waals surface area (Å²) in [4.78, 5) is 31.4. The van der Waals surface area contributed by atoms with Crippen molar-refractivity contribution in [1.82, 2.24) is 19.9 Å². The van der Waals surface area contributed by atoms with Crippen molar-refractivity contribution in [2.24, 2.45) is 0 Å². The van der Waals surface area contributed by atoms with Crippen molar-refractivity contribution in [3.8, 4) is 11.1 Å². The number of piperidine rings is 1. The van der Waals surface area contributed by atoms with Gasteiger partial charge in [0.15, 0.2) is 0 Å². The van der Waals surface area contributed by atoms with Crippen LogP contribution in [0.1, 0.15) is 40.4 Å². The molecule has 33 heavy (non-hydrogen) atoms. The SMILES string of the molecule is Cc1ccc(C(=O)N2CCC[C@H](c3nc(N4CCOCC4)ncc3-c3cccnc3)C2)cc1. The summed E-state index contributed by atoms with van der Waals surface area (Å²) >= 11 is 0. The maximum absolute atomic E-state index is 13.2. The Kier molecular flexibility index (Phi) is 6.30. The molecule has 1 amide bonds. The second-order valence-corrected chi connectivity index (χ2v) is 8.77. The molecule has 0 unspecified atom stereocenters. The second kappa shape index (κ2) is 9.67. The third-order valence-electron chi connectivity index (χ3n) is 6.47. The lowest BCUT2D eigenvalue weighted by molar-refractivity contribution is 0.0706. The van der Waals surface area contributed by atoms with Crippen LogP contribution in [-0.2, 0) is 4.74 Å². The topological polar surface area (TPSA) is 71.5 Å². The zero-order valence-electron chi connectivity index (χ0n) is 19.0. The minimum absolute atomic E-state index is 0.0880. The minimum Gasteiger partial charge on any atom is -0.378 e. The van der Waals surface area contributed by atoms with E-state index in [1.807, 2.05) is 60.6 Å². The van der Waals surface area contributed by atoms with Crippen molar-refractivity contribution in [2.45, 2.75) is 25.7 Å². The number of aromatic nitrogens is 3. The highest BCUT2D eigenvalue weighted by molar-refractivity contribution is 5.94. The van der Waals surface area contributed by atoms with Gasteiger partial charge in [0.2, 0.25) is 5.95 Å². The molecule has 0 aliphatic carbocycles. The van der Waals surface area contributed by atoms with Crippen molar-refractivity contribution in [3.05, 3.63) is 71.8 Å². The van der Waals surface area contributed by atoms with Crippen LogP contribution in [0.4, 0.5) is 5.95 Å². The molecule has 7 heteroatoms. The summed E-state index contributed by atoms with van der Waals surface area (Å²) in [6, 6.07) is 11.8. The summed E-state index contributed by atoms with van der Waals surface area (Å²) in [5.74, 6) is 0.971. The van der Waals surface area contributed by atoms with E-state index in [0.29, 0.717) is 19.8 Å². The van der Waals surface area contributed by atoms with Gasteiger partial charge in [-0.2, -0.15) is 0 Å². The Bertz CT molecular complexity index is 1100. The normalized spacial score (nSPS) is 18.9. The summed E-state index contributed by atoms with van der Waals surface area (Å²) in [5, 5.41) is 0. The number of rotatable bonds is 4. The third kappa shape index (κ3) is 4.73. The molecule has 4 heterocycles. The summed E-state index contributed by atoms with van der Waals surface area (Å²) in [6.07, 6.45) is 7.49. The second-order valence-electron chi connectivity index (χ2n) is 8.77. The van der Waals surface area contributed by atoms with Crippen LogP contribution < -0.4 is 4.90 Å². The molecule has 170 valence electrons. The molecule has 7 nitrogen and oxygen atoms in total. The molecule has 0 spiro atoms. The zero-order valence-corrected chi connectivity index (χ0v) is 19.0. The Morgan fingerprint density at radius 3 is 2.64 bits per heavy atom. The van der Waals surface area contributed by atoms with Gasteiger partial charge < -0.3 is 14.5 Å². The maximum atomic E-state index is 13.2. The lowest BCUT2D eigenvalue weighted by atomic mass is 9.90. The molecule has 0 N–H and O–H groups in total. The molecule has 2 saturated heterocycles. The summed E-state index contributed by atoms with van der Waals surface area (Å²) in [7, 11) is 0. The van der Waals surface area contributed by atoms with E-state index in [0.717, 1.165) is 66.4 Å². The molecule has 0 saturated carbocycles. The first-order valence-electron chi connectivity index (χ1n) is 11.6. The van der Waals surface area contributed by atoms with E-state index in [2.05, 4.69) is 9.88 Å². The van der Waals surface area contributed by atoms with E-state index in [1.165, 1.54) is 0 Å². The molecule has 2 aliphatic heterocycles. The van der Waals surface area contributed by atoms with Gasteiger partial charge in [-0.15, -0.1) is 0 Å². The monoisotopic (exact) mass is 443 g/mol. The van der Waals surface area contributed by atoms with E-state index >= 15 is 0 Å². The number of amides is 1. The van der Waals surface area contributed by atoms with Crippen LogP contribution in [0, 0.1) is 6.92 Å². The Morgan fingerprint density at radius 1 is 1.06 bits per heavy atom. The van der Waals surface area contributed by atoms with Crippen LogP contribution in [0.5, 0.6) is 0 Å². The van der Waals surface area contributed by atoms with Crippen molar-refractivity contribution < 1.29 is 9.53 Å². The number of likely N-dealkylation sites (tertiary alicyclic amines) is 1. The number of hydrogen-bond acceptors (Lipinski definition) is 6. The van der Waals surface area contributed by atoms with Crippen LogP contribution in [0.3, 0.4) is 0 Å². The summed E-state index contributed by atoms with van der Waals surface area (Å²) < 4.78 is 5.50. The van der Waals surface area contributed by atoms with Crippen LogP contribution in [0.25, 0.3) is 11.1 Å². The van der Waals surface area contributed by atoms with E-state index in [4.69, 9.17) is 14.7 Å². The van der Waals surface area contributed by atoms with Gasteiger partial charge in [0.1, 0.15) is 0 Å². The molecular weight excluding hydrogens is 414 g/mol. The van der Waals surface area contributed by atoms with E-state index in [9.17, 15) is 4.79 Å². The fourth-order valence-electron chi connectivity index (χ4n) is 4.62. The first-order valence-corrected chi connectivity index (χ1v) is 11.6. The molecular formula is C26H29N5O2. The molecule has 1 aromatic carbocycles. The lowest BCUT2D eigenvalue weighted by Crippen LogP contribution is -2.40.